The summed E-state index contributed by atoms with van der Waals surface area (Å²) in [6.45, 7) is 5.69. The maximum Gasteiger partial charge on any atom is 0.124 e. The summed E-state index contributed by atoms with van der Waals surface area (Å²) in [5.41, 5.74) is 2.02. The second-order valence-corrected chi connectivity index (χ2v) is 3.98. The smallest absolute Gasteiger partial charge is 0.124 e. The molecular weight excluding hydrogens is 200 g/mol. The van der Waals surface area contributed by atoms with E-state index >= 15 is 0 Å². The van der Waals surface area contributed by atoms with Gasteiger partial charge in [0, 0.05) is 5.56 Å². The van der Waals surface area contributed by atoms with E-state index in [1.54, 1.807) is 7.11 Å². The van der Waals surface area contributed by atoms with Gasteiger partial charge in [-0.15, -0.1) is 6.58 Å². The predicted octanol–water partition coefficient (Wildman–Crippen LogP) is 3.39. The van der Waals surface area contributed by atoms with Gasteiger partial charge in [-0.1, -0.05) is 17.7 Å². The van der Waals surface area contributed by atoms with Crippen LogP contribution in [0.4, 0.5) is 0 Å². The molecule has 0 radical (unpaired) electrons. The zero-order chi connectivity index (χ0) is 12.0. The first-order chi connectivity index (χ1) is 7.69. The number of unbranched alkanes of at least 4 members (excludes halogenated alkanes) is 1. The van der Waals surface area contributed by atoms with Gasteiger partial charge in [0.15, 0.2) is 0 Å². The van der Waals surface area contributed by atoms with Crippen LogP contribution in [0.5, 0.6) is 5.75 Å². The summed E-state index contributed by atoms with van der Waals surface area (Å²) in [5, 5.41) is 10.1. The predicted molar refractivity (Wildman–Crippen MR) is 66.7 cm³/mol. The van der Waals surface area contributed by atoms with Crippen LogP contribution in [0.1, 0.15) is 36.5 Å². The standard InChI is InChI=1S/C14H20O2/c1-4-5-6-7-13(15)12-10-11(2)8-9-14(12)16-3/h4,8-10,13,15H,1,5-7H2,2-3H3. The fraction of sp³-hybridized carbons (Fsp3) is 0.429. The minimum Gasteiger partial charge on any atom is -0.496 e. The quantitative estimate of drug-likeness (QED) is 0.588. The third kappa shape index (κ3) is 3.38. The first-order valence-corrected chi connectivity index (χ1v) is 5.62. The van der Waals surface area contributed by atoms with E-state index in [-0.39, 0.29) is 0 Å². The van der Waals surface area contributed by atoms with Crippen molar-refractivity contribution in [2.24, 2.45) is 0 Å². The summed E-state index contributed by atoms with van der Waals surface area (Å²) >= 11 is 0. The lowest BCUT2D eigenvalue weighted by molar-refractivity contribution is 0.161. The Morgan fingerprint density at radius 1 is 1.50 bits per heavy atom. The van der Waals surface area contributed by atoms with Crippen LogP contribution in [0.25, 0.3) is 0 Å². The lowest BCUT2D eigenvalue weighted by Crippen LogP contribution is -2.01. The van der Waals surface area contributed by atoms with Crippen LogP contribution in [-0.2, 0) is 0 Å². The Hall–Kier alpha value is -1.28. The third-order valence-corrected chi connectivity index (χ3v) is 2.63. The minimum absolute atomic E-state index is 0.449. The summed E-state index contributed by atoms with van der Waals surface area (Å²) in [5.74, 6) is 0.761. The molecule has 1 atom stereocenters. The number of ether oxygens (including phenoxy) is 1. The zero-order valence-corrected chi connectivity index (χ0v) is 10.1. The highest BCUT2D eigenvalue weighted by molar-refractivity contribution is 5.38. The molecule has 1 unspecified atom stereocenters. The van der Waals surface area contributed by atoms with Crippen molar-refractivity contribution in [3.63, 3.8) is 0 Å². The number of allylic oxidation sites excluding steroid dienone is 1. The number of hydrogen-bond acceptors (Lipinski definition) is 2. The van der Waals surface area contributed by atoms with Crippen LogP contribution in [0.2, 0.25) is 0 Å². The first kappa shape index (κ1) is 12.8. The molecule has 0 aliphatic heterocycles. The lowest BCUT2D eigenvalue weighted by Gasteiger charge is -2.15. The van der Waals surface area contributed by atoms with Crippen molar-refractivity contribution < 1.29 is 9.84 Å². The van der Waals surface area contributed by atoms with Gasteiger partial charge in [-0.3, -0.25) is 0 Å². The third-order valence-electron chi connectivity index (χ3n) is 2.63. The molecule has 16 heavy (non-hydrogen) atoms. The minimum atomic E-state index is -0.449. The van der Waals surface area contributed by atoms with E-state index in [9.17, 15) is 5.11 Å². The van der Waals surface area contributed by atoms with Crippen LogP contribution in [-0.4, -0.2) is 12.2 Å². The molecule has 0 aromatic heterocycles. The molecule has 1 rings (SSSR count). The van der Waals surface area contributed by atoms with Gasteiger partial charge in [0.25, 0.3) is 0 Å². The first-order valence-electron chi connectivity index (χ1n) is 5.62. The highest BCUT2D eigenvalue weighted by Gasteiger charge is 2.12. The van der Waals surface area contributed by atoms with E-state index in [1.165, 1.54) is 0 Å². The molecule has 0 aliphatic rings. The number of aliphatic hydroxyl groups is 1. The van der Waals surface area contributed by atoms with Gasteiger partial charge in [-0.2, -0.15) is 0 Å². The summed E-state index contributed by atoms with van der Waals surface area (Å²) in [6, 6.07) is 5.87. The monoisotopic (exact) mass is 220 g/mol. The normalized spacial score (nSPS) is 12.2. The van der Waals surface area contributed by atoms with Crippen LogP contribution < -0.4 is 4.74 Å². The lowest BCUT2D eigenvalue weighted by atomic mass is 10.0. The molecule has 0 amide bonds. The van der Waals surface area contributed by atoms with Gasteiger partial charge in [0.05, 0.1) is 13.2 Å². The average molecular weight is 220 g/mol. The summed E-state index contributed by atoms with van der Waals surface area (Å²) in [6.07, 6.45) is 4.05. The van der Waals surface area contributed by atoms with Crippen molar-refractivity contribution in [3.05, 3.63) is 42.0 Å². The van der Waals surface area contributed by atoms with Gasteiger partial charge in [0.2, 0.25) is 0 Å². The van der Waals surface area contributed by atoms with Crippen LogP contribution in [0, 0.1) is 6.92 Å². The number of benzene rings is 1. The maximum atomic E-state index is 10.1. The Balaban J connectivity index is 2.75. The average Bonchev–Trinajstić information content (AvgIpc) is 2.29. The number of aryl methyl sites for hydroxylation is 1. The molecule has 0 heterocycles. The SMILES string of the molecule is C=CCCCC(O)c1cc(C)ccc1OC. The number of rotatable bonds is 6. The van der Waals surface area contributed by atoms with Crippen LogP contribution >= 0.6 is 0 Å². The Morgan fingerprint density at radius 3 is 2.88 bits per heavy atom. The number of methoxy groups -OCH3 is 1. The maximum absolute atomic E-state index is 10.1. The molecule has 2 heteroatoms. The highest BCUT2D eigenvalue weighted by Crippen LogP contribution is 2.29. The van der Waals surface area contributed by atoms with Crippen LogP contribution in [0.3, 0.4) is 0 Å². The Bertz CT molecular complexity index is 345. The van der Waals surface area contributed by atoms with E-state index in [0.717, 1.165) is 36.1 Å². The highest BCUT2D eigenvalue weighted by atomic mass is 16.5. The molecule has 0 aliphatic carbocycles. The Labute approximate surface area is 97.6 Å². The molecule has 0 spiro atoms. The summed E-state index contributed by atoms with van der Waals surface area (Å²) in [4.78, 5) is 0. The van der Waals surface area contributed by atoms with E-state index in [2.05, 4.69) is 6.58 Å². The van der Waals surface area contributed by atoms with Crippen molar-refractivity contribution >= 4 is 0 Å². The molecule has 0 saturated carbocycles. The fourth-order valence-corrected chi connectivity index (χ4v) is 1.73. The zero-order valence-electron chi connectivity index (χ0n) is 10.1. The second kappa shape index (κ2) is 6.33. The second-order valence-electron chi connectivity index (χ2n) is 3.98. The van der Waals surface area contributed by atoms with Crippen molar-refractivity contribution in [3.8, 4) is 5.75 Å². The van der Waals surface area contributed by atoms with E-state index in [1.807, 2.05) is 31.2 Å². The van der Waals surface area contributed by atoms with Crippen LogP contribution in [0.15, 0.2) is 30.9 Å². The Kier molecular flexibility index (Phi) is 5.06. The van der Waals surface area contributed by atoms with Crippen molar-refractivity contribution in [1.29, 1.82) is 0 Å². The van der Waals surface area contributed by atoms with Gasteiger partial charge in [-0.25, -0.2) is 0 Å². The van der Waals surface area contributed by atoms with Crippen molar-refractivity contribution in [1.82, 2.24) is 0 Å². The molecule has 0 bridgehead atoms. The molecule has 0 saturated heterocycles. The van der Waals surface area contributed by atoms with Crippen molar-refractivity contribution in [2.75, 3.05) is 7.11 Å². The summed E-state index contributed by atoms with van der Waals surface area (Å²) in [7, 11) is 1.63. The number of hydrogen-bond donors (Lipinski definition) is 1. The number of aliphatic hydroxyl groups excluding tert-OH is 1. The molecule has 0 fully saturated rings. The van der Waals surface area contributed by atoms with E-state index < -0.39 is 6.10 Å². The molecule has 1 aromatic rings. The molecule has 88 valence electrons. The van der Waals surface area contributed by atoms with Crippen molar-refractivity contribution in [2.45, 2.75) is 32.3 Å². The fourth-order valence-electron chi connectivity index (χ4n) is 1.73. The van der Waals surface area contributed by atoms with Gasteiger partial charge in [0.1, 0.15) is 5.75 Å². The molecular formula is C14H20O2. The van der Waals surface area contributed by atoms with E-state index in [4.69, 9.17) is 4.74 Å². The molecule has 1 N–H and O–H groups in total. The van der Waals surface area contributed by atoms with E-state index in [0.29, 0.717) is 0 Å². The molecule has 1 aromatic carbocycles. The van der Waals surface area contributed by atoms with Gasteiger partial charge in [-0.05, 0) is 38.3 Å². The largest absolute Gasteiger partial charge is 0.496 e. The van der Waals surface area contributed by atoms with Gasteiger partial charge < -0.3 is 9.84 Å². The molecule has 2 nitrogen and oxygen atoms in total. The topological polar surface area (TPSA) is 29.5 Å². The summed E-state index contributed by atoms with van der Waals surface area (Å²) < 4.78 is 5.25. The Morgan fingerprint density at radius 2 is 2.25 bits per heavy atom. The van der Waals surface area contributed by atoms with Gasteiger partial charge >= 0.3 is 0 Å².